The van der Waals surface area contributed by atoms with Crippen LogP contribution < -0.4 is 10.1 Å². The molecule has 4 nitrogen and oxygen atoms in total. The number of carbonyl (C=O) groups is 1. The van der Waals surface area contributed by atoms with Gasteiger partial charge in [-0.25, -0.2) is 0 Å². The molecule has 0 bridgehead atoms. The predicted molar refractivity (Wildman–Crippen MR) is 92.3 cm³/mol. The third-order valence-corrected chi connectivity index (χ3v) is 5.48. The summed E-state index contributed by atoms with van der Waals surface area (Å²) in [6.07, 6.45) is 3.81. The van der Waals surface area contributed by atoms with Gasteiger partial charge in [0.15, 0.2) is 0 Å². The molecule has 0 aliphatic carbocycles. The van der Waals surface area contributed by atoms with Crippen LogP contribution in [0.15, 0.2) is 18.2 Å². The minimum Gasteiger partial charge on any atom is -0.493 e. The van der Waals surface area contributed by atoms with E-state index in [1.165, 1.54) is 5.56 Å². The van der Waals surface area contributed by atoms with E-state index in [-0.39, 0.29) is 18.3 Å². The van der Waals surface area contributed by atoms with E-state index >= 15 is 0 Å². The zero-order chi connectivity index (χ0) is 14.9. The molecule has 0 radical (unpaired) electrons. The SMILES string of the molecule is Cl.O=C(Cc1ccc2c(c1)CCO2)N1CC[C@@H]2CNC[C@@H]2CC1. The third kappa shape index (κ3) is 3.48. The molecule has 1 aromatic rings. The fraction of sp³-hybridized carbons (Fsp3) is 0.611. The lowest BCUT2D eigenvalue weighted by Gasteiger charge is -2.21. The number of benzene rings is 1. The highest BCUT2D eigenvalue weighted by molar-refractivity contribution is 5.85. The van der Waals surface area contributed by atoms with Gasteiger partial charge < -0.3 is 15.0 Å². The zero-order valence-corrected chi connectivity index (χ0v) is 14.2. The first-order valence-electron chi connectivity index (χ1n) is 8.53. The predicted octanol–water partition coefficient (Wildman–Crippen LogP) is 2.04. The zero-order valence-electron chi connectivity index (χ0n) is 13.4. The normalized spacial score (nSPS) is 25.8. The van der Waals surface area contributed by atoms with Gasteiger partial charge in [0.05, 0.1) is 13.0 Å². The van der Waals surface area contributed by atoms with Crippen molar-refractivity contribution in [2.45, 2.75) is 25.7 Å². The molecule has 4 rings (SSSR count). The van der Waals surface area contributed by atoms with Crippen LogP contribution in [0.25, 0.3) is 0 Å². The first-order chi connectivity index (χ1) is 10.8. The molecule has 3 aliphatic heterocycles. The van der Waals surface area contributed by atoms with E-state index in [2.05, 4.69) is 16.3 Å². The second-order valence-electron chi connectivity index (χ2n) is 6.85. The number of likely N-dealkylation sites (tertiary alicyclic amines) is 1. The van der Waals surface area contributed by atoms with E-state index in [4.69, 9.17) is 4.74 Å². The summed E-state index contributed by atoms with van der Waals surface area (Å²) in [5.74, 6) is 2.82. The molecule has 126 valence electrons. The lowest BCUT2D eigenvalue weighted by molar-refractivity contribution is -0.130. The summed E-state index contributed by atoms with van der Waals surface area (Å²) in [5, 5.41) is 3.48. The van der Waals surface area contributed by atoms with Crippen molar-refractivity contribution >= 4 is 18.3 Å². The molecule has 0 unspecified atom stereocenters. The number of halogens is 1. The molecule has 1 N–H and O–H groups in total. The minimum absolute atomic E-state index is 0. The number of hydrogen-bond acceptors (Lipinski definition) is 3. The second-order valence-corrected chi connectivity index (χ2v) is 6.85. The van der Waals surface area contributed by atoms with Crippen molar-refractivity contribution in [1.29, 1.82) is 0 Å². The van der Waals surface area contributed by atoms with Crippen LogP contribution in [0.5, 0.6) is 5.75 Å². The Kier molecular flexibility index (Phi) is 5.12. The van der Waals surface area contributed by atoms with Gasteiger partial charge in [0.25, 0.3) is 0 Å². The van der Waals surface area contributed by atoms with Gasteiger partial charge in [0.1, 0.15) is 5.75 Å². The molecule has 0 spiro atoms. The number of ether oxygens (including phenoxy) is 1. The third-order valence-electron chi connectivity index (χ3n) is 5.48. The van der Waals surface area contributed by atoms with Crippen molar-refractivity contribution in [3.63, 3.8) is 0 Å². The fourth-order valence-electron chi connectivity index (χ4n) is 4.10. The van der Waals surface area contributed by atoms with Crippen LogP contribution in [0, 0.1) is 11.8 Å². The molecular formula is C18H25ClN2O2. The average Bonchev–Trinajstić information content (AvgIpc) is 3.12. The number of nitrogens with one attached hydrogen (secondary N) is 1. The van der Waals surface area contributed by atoms with Gasteiger partial charge >= 0.3 is 0 Å². The van der Waals surface area contributed by atoms with Gasteiger partial charge in [0, 0.05) is 19.5 Å². The van der Waals surface area contributed by atoms with Crippen LogP contribution in [0.2, 0.25) is 0 Å². The number of fused-ring (bicyclic) bond motifs is 2. The summed E-state index contributed by atoms with van der Waals surface area (Å²) < 4.78 is 5.53. The van der Waals surface area contributed by atoms with Gasteiger partial charge in [-0.3, -0.25) is 4.79 Å². The van der Waals surface area contributed by atoms with Crippen LogP contribution in [0.3, 0.4) is 0 Å². The van der Waals surface area contributed by atoms with Gasteiger partial charge in [0.2, 0.25) is 5.91 Å². The molecule has 1 aromatic carbocycles. The number of amides is 1. The highest BCUT2D eigenvalue weighted by atomic mass is 35.5. The van der Waals surface area contributed by atoms with Gasteiger partial charge in [-0.1, -0.05) is 12.1 Å². The van der Waals surface area contributed by atoms with Crippen molar-refractivity contribution in [2.75, 3.05) is 32.8 Å². The smallest absolute Gasteiger partial charge is 0.226 e. The van der Waals surface area contributed by atoms with Crippen LogP contribution in [0.1, 0.15) is 24.0 Å². The summed E-state index contributed by atoms with van der Waals surface area (Å²) in [4.78, 5) is 14.7. The Morgan fingerprint density at radius 1 is 1.22 bits per heavy atom. The molecule has 2 fully saturated rings. The molecular weight excluding hydrogens is 312 g/mol. The van der Waals surface area contributed by atoms with E-state index in [1.807, 2.05) is 12.1 Å². The standard InChI is InChI=1S/C18H24N2O2.ClH/c21-18(10-13-1-2-17-14(9-13)5-8-22-17)20-6-3-15-11-19-12-16(15)4-7-20;/h1-2,9,15-16,19H,3-8,10-12H2;1H/t15-,16+;. The van der Waals surface area contributed by atoms with E-state index < -0.39 is 0 Å². The van der Waals surface area contributed by atoms with E-state index in [0.717, 1.165) is 75.2 Å². The quantitative estimate of drug-likeness (QED) is 0.898. The van der Waals surface area contributed by atoms with E-state index in [0.29, 0.717) is 6.42 Å². The van der Waals surface area contributed by atoms with Crippen LogP contribution in [-0.2, 0) is 17.6 Å². The summed E-state index contributed by atoms with van der Waals surface area (Å²) in [5.41, 5.74) is 2.38. The van der Waals surface area contributed by atoms with Crippen LogP contribution in [-0.4, -0.2) is 43.6 Å². The first-order valence-corrected chi connectivity index (χ1v) is 8.53. The van der Waals surface area contributed by atoms with Crippen molar-refractivity contribution in [1.82, 2.24) is 10.2 Å². The maximum Gasteiger partial charge on any atom is 0.226 e. The molecule has 0 aromatic heterocycles. The van der Waals surface area contributed by atoms with Crippen molar-refractivity contribution in [2.24, 2.45) is 11.8 Å². The largest absolute Gasteiger partial charge is 0.493 e. The second kappa shape index (κ2) is 7.10. The van der Waals surface area contributed by atoms with E-state index in [1.54, 1.807) is 0 Å². The topological polar surface area (TPSA) is 41.6 Å². The highest BCUT2D eigenvalue weighted by Gasteiger charge is 2.31. The Hall–Kier alpha value is -1.26. The monoisotopic (exact) mass is 336 g/mol. The number of hydrogen-bond donors (Lipinski definition) is 1. The lowest BCUT2D eigenvalue weighted by atomic mass is 9.92. The molecule has 3 heterocycles. The Morgan fingerprint density at radius 3 is 2.70 bits per heavy atom. The van der Waals surface area contributed by atoms with Gasteiger partial charge in [-0.2, -0.15) is 0 Å². The Balaban J connectivity index is 0.00000156. The van der Waals surface area contributed by atoms with Crippen LogP contribution >= 0.6 is 12.4 Å². The Labute approximate surface area is 144 Å². The summed E-state index contributed by atoms with van der Waals surface area (Å²) in [6.45, 7) is 4.90. The van der Waals surface area contributed by atoms with Gasteiger partial charge in [-0.15, -0.1) is 12.4 Å². The number of carbonyl (C=O) groups excluding carboxylic acids is 1. The number of rotatable bonds is 2. The maximum atomic E-state index is 12.6. The first kappa shape index (κ1) is 16.6. The Morgan fingerprint density at radius 2 is 1.96 bits per heavy atom. The molecule has 23 heavy (non-hydrogen) atoms. The highest BCUT2D eigenvalue weighted by Crippen LogP contribution is 2.28. The fourth-order valence-corrected chi connectivity index (χ4v) is 4.10. The maximum absolute atomic E-state index is 12.6. The lowest BCUT2D eigenvalue weighted by Crippen LogP contribution is -2.33. The molecule has 5 heteroatoms. The summed E-state index contributed by atoms with van der Waals surface area (Å²) in [6, 6.07) is 6.21. The molecule has 1 amide bonds. The number of nitrogens with zero attached hydrogens (tertiary/aromatic N) is 1. The molecule has 0 saturated carbocycles. The van der Waals surface area contributed by atoms with Crippen LogP contribution in [0.4, 0.5) is 0 Å². The summed E-state index contributed by atoms with van der Waals surface area (Å²) in [7, 11) is 0. The summed E-state index contributed by atoms with van der Waals surface area (Å²) >= 11 is 0. The minimum atomic E-state index is 0. The van der Waals surface area contributed by atoms with Gasteiger partial charge in [-0.05, 0) is 55.0 Å². The molecule has 3 aliphatic rings. The van der Waals surface area contributed by atoms with Crippen molar-refractivity contribution in [3.8, 4) is 5.75 Å². The molecule has 2 saturated heterocycles. The Bertz CT molecular complexity index is 564. The average molecular weight is 337 g/mol. The van der Waals surface area contributed by atoms with E-state index in [9.17, 15) is 4.79 Å². The van der Waals surface area contributed by atoms with Crippen molar-refractivity contribution in [3.05, 3.63) is 29.3 Å². The van der Waals surface area contributed by atoms with Crippen molar-refractivity contribution < 1.29 is 9.53 Å². The molecule has 2 atom stereocenters.